The molecular formula is C49H63N12O4+. The van der Waals surface area contributed by atoms with Crippen molar-refractivity contribution in [3.8, 4) is 11.5 Å². The first-order valence-electron chi connectivity index (χ1n) is 23.0. The molecule has 8 rings (SSSR count). The Morgan fingerprint density at radius 3 is 1.86 bits per heavy atom. The molecule has 4 aromatic rings. The van der Waals surface area contributed by atoms with Crippen LogP contribution in [0.4, 0.5) is 28.7 Å². The van der Waals surface area contributed by atoms with Gasteiger partial charge in [-0.15, -0.1) is 10.2 Å². The normalized spacial score (nSPS) is 15.4. The number of phenols is 2. The second-order valence-electron chi connectivity index (χ2n) is 17.7. The summed E-state index contributed by atoms with van der Waals surface area (Å²) in [6.07, 6.45) is 16.8. The van der Waals surface area contributed by atoms with E-state index in [0.717, 1.165) is 95.1 Å². The molecule has 4 aliphatic heterocycles. The van der Waals surface area contributed by atoms with Crippen LogP contribution in [0.15, 0.2) is 94.0 Å². The van der Waals surface area contributed by atoms with Crippen molar-refractivity contribution in [1.29, 1.82) is 0 Å². The summed E-state index contributed by atoms with van der Waals surface area (Å²) >= 11 is 0. The third kappa shape index (κ3) is 9.86. The van der Waals surface area contributed by atoms with Crippen LogP contribution in [0.5, 0.6) is 11.5 Å². The van der Waals surface area contributed by atoms with Crippen LogP contribution in [0.1, 0.15) is 81.5 Å². The zero-order valence-electron chi connectivity index (χ0n) is 38.3. The lowest BCUT2D eigenvalue weighted by atomic mass is 9.90. The van der Waals surface area contributed by atoms with Crippen molar-refractivity contribution in [2.45, 2.75) is 70.8 Å². The molecule has 3 aromatic carbocycles. The number of nitrogens with one attached hydrogen (secondary N) is 1. The van der Waals surface area contributed by atoms with Crippen molar-refractivity contribution in [3.05, 3.63) is 107 Å². The predicted octanol–water partition coefficient (Wildman–Crippen LogP) is 7.41. The zero-order valence-corrected chi connectivity index (χ0v) is 38.3. The predicted molar refractivity (Wildman–Crippen MR) is 252 cm³/mol. The van der Waals surface area contributed by atoms with Gasteiger partial charge in [0.1, 0.15) is 28.7 Å². The topological polar surface area (TPSA) is 161 Å². The van der Waals surface area contributed by atoms with Gasteiger partial charge < -0.3 is 40.0 Å². The fourth-order valence-electron chi connectivity index (χ4n) is 9.53. The number of nitrogens with zero attached hydrogens (tertiary/aromatic N) is 11. The Kier molecular flexibility index (Phi) is 13.8. The molecule has 0 atom stereocenters. The van der Waals surface area contributed by atoms with E-state index in [0.29, 0.717) is 66.9 Å². The number of anilines is 2. The number of hydrogen-bond acceptors (Lipinski definition) is 12. The van der Waals surface area contributed by atoms with E-state index in [1.807, 2.05) is 54.0 Å². The van der Waals surface area contributed by atoms with E-state index in [-0.39, 0.29) is 23.3 Å². The third-order valence-corrected chi connectivity index (χ3v) is 13.1. The van der Waals surface area contributed by atoms with Crippen molar-refractivity contribution < 1.29 is 24.4 Å². The smallest absolute Gasteiger partial charge is 0.421 e. The summed E-state index contributed by atoms with van der Waals surface area (Å²) in [5, 5.41) is 43.2. The molecule has 0 fully saturated rings. The van der Waals surface area contributed by atoms with E-state index in [9.17, 15) is 19.8 Å². The van der Waals surface area contributed by atoms with Gasteiger partial charge in [-0.3, -0.25) is 9.59 Å². The Hall–Kier alpha value is -6.71. The van der Waals surface area contributed by atoms with Gasteiger partial charge in [0.05, 0.1) is 26.0 Å². The number of azo groups is 2. The molecule has 0 saturated heterocycles. The summed E-state index contributed by atoms with van der Waals surface area (Å²) in [6.45, 7) is 10.5. The Labute approximate surface area is 381 Å². The maximum Gasteiger partial charge on any atom is 0.421 e. The number of amides is 2. The second kappa shape index (κ2) is 20.0. The molecule has 65 heavy (non-hydrogen) atoms. The zero-order chi connectivity index (χ0) is 45.6. The molecule has 0 bridgehead atoms. The van der Waals surface area contributed by atoms with Crippen LogP contribution in [0.3, 0.4) is 0 Å². The molecule has 3 N–H and O–H groups in total. The highest BCUT2D eigenvalue weighted by molar-refractivity contribution is 5.97. The summed E-state index contributed by atoms with van der Waals surface area (Å²) in [6, 6.07) is 10.8. The van der Waals surface area contributed by atoms with Gasteiger partial charge in [-0.05, 0) is 112 Å². The number of aryl methyl sites for hydroxylation is 4. The van der Waals surface area contributed by atoms with Gasteiger partial charge in [0.2, 0.25) is 0 Å². The molecule has 4 aliphatic rings. The summed E-state index contributed by atoms with van der Waals surface area (Å²) in [4.78, 5) is 36.5. The van der Waals surface area contributed by atoms with Crippen molar-refractivity contribution in [2.75, 3.05) is 76.8 Å². The summed E-state index contributed by atoms with van der Waals surface area (Å²) in [7, 11) is 7.31. The van der Waals surface area contributed by atoms with E-state index in [1.165, 1.54) is 22.5 Å². The monoisotopic (exact) mass is 884 g/mol. The van der Waals surface area contributed by atoms with Crippen LogP contribution in [-0.4, -0.2) is 108 Å². The third-order valence-electron chi connectivity index (χ3n) is 13.1. The SMILES string of the molecule is C=C(N=Nc1cc2c3c(c1O)CCCN3CCC2)N(C)C=CNCCCN(C)C(=O)c1ccc(C(=O)N(C)CCCn2cc[n+](C)c2N=Nc2cc3c4c(c2O)CCCN4CCC3)cc1. The van der Waals surface area contributed by atoms with E-state index in [2.05, 4.69) is 42.2 Å². The minimum atomic E-state index is -0.119. The number of carbonyl (C=O) groups is 2. The van der Waals surface area contributed by atoms with E-state index in [1.54, 1.807) is 59.3 Å². The molecule has 0 saturated carbocycles. The molecule has 0 radical (unpaired) electrons. The van der Waals surface area contributed by atoms with Crippen LogP contribution in [0, 0.1) is 0 Å². The molecule has 0 spiro atoms. The highest BCUT2D eigenvalue weighted by atomic mass is 16.3. The van der Waals surface area contributed by atoms with Gasteiger partial charge >= 0.3 is 5.95 Å². The largest absolute Gasteiger partial charge is 0.505 e. The molecule has 16 heteroatoms. The summed E-state index contributed by atoms with van der Waals surface area (Å²) < 4.78 is 3.90. The number of carbonyl (C=O) groups excluding carboxylic acids is 2. The van der Waals surface area contributed by atoms with Crippen LogP contribution in [-0.2, 0) is 39.3 Å². The number of hydrogen-bond donors (Lipinski definition) is 3. The number of phenolic OH excluding ortho intramolecular Hbond substituents is 2. The molecule has 5 heterocycles. The molecule has 2 amide bonds. The first-order valence-corrected chi connectivity index (χ1v) is 23.0. The molecule has 16 nitrogen and oxygen atoms in total. The maximum absolute atomic E-state index is 13.3. The number of aromatic hydroxyl groups is 2. The summed E-state index contributed by atoms with van der Waals surface area (Å²) in [5.74, 6) is 1.30. The molecule has 1 aromatic heterocycles. The average Bonchev–Trinajstić information content (AvgIpc) is 3.68. The molecule has 342 valence electrons. The lowest BCUT2D eigenvalue weighted by Crippen LogP contribution is -2.34. The van der Waals surface area contributed by atoms with E-state index in [4.69, 9.17) is 0 Å². The lowest BCUT2D eigenvalue weighted by Gasteiger charge is -2.37. The number of benzene rings is 3. The number of aromatic nitrogens is 2. The lowest BCUT2D eigenvalue weighted by molar-refractivity contribution is -0.657. The van der Waals surface area contributed by atoms with Crippen molar-refractivity contribution in [1.82, 2.24) is 24.6 Å². The Bertz CT molecular complexity index is 2510. The average molecular weight is 884 g/mol. The van der Waals surface area contributed by atoms with Crippen molar-refractivity contribution >= 4 is 40.5 Å². The fraction of sp³-hybridized carbons (Fsp3) is 0.449. The van der Waals surface area contributed by atoms with Gasteiger partial charge in [-0.25, -0.2) is 9.13 Å². The maximum atomic E-state index is 13.3. The van der Waals surface area contributed by atoms with Gasteiger partial charge in [-0.2, -0.15) is 0 Å². The van der Waals surface area contributed by atoms with Gasteiger partial charge in [0.25, 0.3) is 11.8 Å². The van der Waals surface area contributed by atoms with Crippen LogP contribution in [0.25, 0.3) is 0 Å². The van der Waals surface area contributed by atoms with E-state index >= 15 is 0 Å². The van der Waals surface area contributed by atoms with Crippen LogP contribution in [0.2, 0.25) is 0 Å². The van der Waals surface area contributed by atoms with Crippen LogP contribution >= 0.6 is 0 Å². The van der Waals surface area contributed by atoms with Crippen LogP contribution < -0.4 is 19.7 Å². The van der Waals surface area contributed by atoms with Gasteiger partial charge in [0, 0.05) is 118 Å². The Morgan fingerprint density at radius 2 is 1.29 bits per heavy atom. The standard InChI is InChI=1S/C49H62N12O4/c1-34(51-52-41-32-37-12-6-24-59-26-8-14-39(43(37)59)45(41)62)55(2)29-21-50-20-10-22-56(3)47(64)35-16-18-36(19-17-35)48(65)57(4)23-11-28-61-31-30-58(5)49(61)54-53-42-33-38-13-7-25-60-27-9-15-40(44(38)60)46(42)63/h16-19,21,29-33,50H,1,6-15,20,22-28H2,2-5H3,(H,51,62)/p+1. The minimum absolute atomic E-state index is 0.114. The quantitative estimate of drug-likeness (QED) is 0.0562. The highest BCUT2D eigenvalue weighted by Gasteiger charge is 2.30. The fourth-order valence-corrected chi connectivity index (χ4v) is 9.53. The van der Waals surface area contributed by atoms with Crippen molar-refractivity contribution in [3.63, 3.8) is 0 Å². The van der Waals surface area contributed by atoms with Gasteiger partial charge in [-0.1, -0.05) is 11.7 Å². The molecular weight excluding hydrogens is 821 g/mol. The van der Waals surface area contributed by atoms with Crippen molar-refractivity contribution in [2.24, 2.45) is 27.5 Å². The Morgan fingerprint density at radius 1 is 0.769 bits per heavy atom. The minimum Gasteiger partial charge on any atom is -0.505 e. The number of rotatable bonds is 17. The molecule has 0 unspecified atom stereocenters. The summed E-state index contributed by atoms with van der Waals surface area (Å²) in [5.41, 5.74) is 8.87. The highest BCUT2D eigenvalue weighted by Crippen LogP contribution is 2.46. The number of imidazole rings is 1. The first kappa shape index (κ1) is 44.9. The van der Waals surface area contributed by atoms with E-state index < -0.39 is 0 Å². The Balaban J connectivity index is 0.754. The van der Waals surface area contributed by atoms with Gasteiger partial charge in [0.15, 0.2) is 0 Å². The first-order chi connectivity index (χ1) is 31.5. The molecule has 0 aliphatic carbocycles. The second-order valence-corrected chi connectivity index (χ2v) is 17.7.